The fraction of sp³-hybridized carbons (Fsp3) is 0.167. The Kier molecular flexibility index (Phi) is 3.51. The number of ether oxygens (including phenoxy) is 1. The van der Waals surface area contributed by atoms with Crippen molar-refractivity contribution < 1.29 is 9.84 Å². The normalized spacial score (nSPS) is 10.4. The second-order valence-corrected chi connectivity index (χ2v) is 5.34. The molecule has 0 aliphatic carbocycles. The third-order valence-corrected chi connectivity index (χ3v) is 4.00. The Labute approximate surface area is 107 Å². The van der Waals surface area contributed by atoms with Crippen LogP contribution in [-0.2, 0) is 6.61 Å². The lowest BCUT2D eigenvalue weighted by atomic mass is 10.2. The molecule has 0 unspecified atom stereocenters. The van der Waals surface area contributed by atoms with Gasteiger partial charge >= 0.3 is 0 Å². The fourth-order valence-corrected chi connectivity index (χ4v) is 2.77. The Hall–Kier alpha value is -1.00. The van der Waals surface area contributed by atoms with E-state index in [2.05, 4.69) is 15.9 Å². The smallest absolute Gasteiger partial charge is 0.124 e. The fourth-order valence-electron chi connectivity index (χ4n) is 1.39. The average Bonchev–Trinajstić information content (AvgIpc) is 2.59. The molecule has 1 N–H and O–H groups in total. The van der Waals surface area contributed by atoms with Crippen molar-refractivity contribution >= 4 is 27.3 Å². The SMILES string of the molecule is Cc1cc(O)cc(OCc2sccc2Br)c1. The van der Waals surface area contributed by atoms with Gasteiger partial charge < -0.3 is 9.84 Å². The summed E-state index contributed by atoms with van der Waals surface area (Å²) in [5.74, 6) is 0.929. The van der Waals surface area contributed by atoms with E-state index in [0.717, 1.165) is 14.9 Å². The molecule has 0 bridgehead atoms. The van der Waals surface area contributed by atoms with Gasteiger partial charge in [0.05, 0.1) is 4.88 Å². The lowest BCUT2D eigenvalue weighted by molar-refractivity contribution is 0.307. The summed E-state index contributed by atoms with van der Waals surface area (Å²) < 4.78 is 6.68. The summed E-state index contributed by atoms with van der Waals surface area (Å²) in [5.41, 5.74) is 0.986. The van der Waals surface area contributed by atoms with E-state index in [1.54, 1.807) is 23.5 Å². The van der Waals surface area contributed by atoms with Gasteiger partial charge in [-0.15, -0.1) is 11.3 Å². The zero-order valence-electron chi connectivity index (χ0n) is 8.74. The lowest BCUT2D eigenvalue weighted by Crippen LogP contribution is -1.93. The van der Waals surface area contributed by atoms with Gasteiger partial charge in [-0.25, -0.2) is 0 Å². The molecule has 2 rings (SSSR count). The molecule has 0 radical (unpaired) electrons. The van der Waals surface area contributed by atoms with E-state index in [4.69, 9.17) is 4.74 Å². The molecule has 2 nitrogen and oxygen atoms in total. The second kappa shape index (κ2) is 4.89. The van der Waals surface area contributed by atoms with E-state index in [1.807, 2.05) is 24.4 Å². The molecule has 16 heavy (non-hydrogen) atoms. The van der Waals surface area contributed by atoms with E-state index in [-0.39, 0.29) is 5.75 Å². The van der Waals surface area contributed by atoms with Crippen molar-refractivity contribution in [2.75, 3.05) is 0 Å². The van der Waals surface area contributed by atoms with Gasteiger partial charge in [-0.2, -0.15) is 0 Å². The van der Waals surface area contributed by atoms with E-state index < -0.39 is 0 Å². The maximum absolute atomic E-state index is 9.42. The Bertz CT molecular complexity index is 473. The molecule has 2 aromatic rings. The number of aromatic hydroxyl groups is 1. The summed E-state index contributed by atoms with van der Waals surface area (Å²) in [7, 11) is 0. The number of aryl methyl sites for hydroxylation is 1. The van der Waals surface area contributed by atoms with Crippen LogP contribution >= 0.6 is 27.3 Å². The second-order valence-electron chi connectivity index (χ2n) is 3.48. The standard InChI is InChI=1S/C12H11BrO2S/c1-8-4-9(14)6-10(5-8)15-7-12-11(13)2-3-16-12/h2-6,14H,7H2,1H3. The zero-order valence-corrected chi connectivity index (χ0v) is 11.1. The molecule has 1 aromatic carbocycles. The molecule has 0 saturated carbocycles. The summed E-state index contributed by atoms with van der Waals surface area (Å²) in [4.78, 5) is 1.14. The molecule has 0 fully saturated rings. The van der Waals surface area contributed by atoms with Crippen LogP contribution in [0.15, 0.2) is 34.1 Å². The highest BCUT2D eigenvalue weighted by Gasteiger charge is 2.03. The highest BCUT2D eigenvalue weighted by Crippen LogP contribution is 2.26. The highest BCUT2D eigenvalue weighted by atomic mass is 79.9. The van der Waals surface area contributed by atoms with Gasteiger partial charge in [-0.1, -0.05) is 0 Å². The first-order valence-electron chi connectivity index (χ1n) is 4.80. The average molecular weight is 299 g/mol. The van der Waals surface area contributed by atoms with Gasteiger partial charge in [0.25, 0.3) is 0 Å². The predicted octanol–water partition coefficient (Wildman–Crippen LogP) is 4.10. The Balaban J connectivity index is 2.07. The Morgan fingerprint density at radius 3 is 2.81 bits per heavy atom. The lowest BCUT2D eigenvalue weighted by Gasteiger charge is -2.06. The third-order valence-electron chi connectivity index (χ3n) is 2.10. The van der Waals surface area contributed by atoms with Crippen LogP contribution in [-0.4, -0.2) is 5.11 Å². The number of thiophene rings is 1. The minimum absolute atomic E-state index is 0.236. The largest absolute Gasteiger partial charge is 0.508 e. The van der Waals surface area contributed by atoms with Crippen LogP contribution in [0.25, 0.3) is 0 Å². The molecule has 0 aliphatic heterocycles. The number of hydrogen-bond acceptors (Lipinski definition) is 3. The van der Waals surface area contributed by atoms with E-state index in [1.165, 1.54) is 0 Å². The first-order chi connectivity index (χ1) is 7.65. The highest BCUT2D eigenvalue weighted by molar-refractivity contribution is 9.10. The monoisotopic (exact) mass is 298 g/mol. The first-order valence-corrected chi connectivity index (χ1v) is 6.48. The van der Waals surface area contributed by atoms with Crippen molar-refractivity contribution in [3.05, 3.63) is 44.6 Å². The zero-order chi connectivity index (χ0) is 11.5. The number of hydrogen-bond donors (Lipinski definition) is 1. The summed E-state index contributed by atoms with van der Waals surface area (Å²) >= 11 is 5.09. The van der Waals surface area contributed by atoms with Gasteiger partial charge in [0.1, 0.15) is 18.1 Å². The number of benzene rings is 1. The van der Waals surface area contributed by atoms with Gasteiger partial charge in [0.15, 0.2) is 0 Å². The van der Waals surface area contributed by atoms with Crippen molar-refractivity contribution in [2.45, 2.75) is 13.5 Å². The number of rotatable bonds is 3. The molecule has 1 aromatic heterocycles. The van der Waals surface area contributed by atoms with Crippen molar-refractivity contribution in [1.82, 2.24) is 0 Å². The minimum Gasteiger partial charge on any atom is -0.508 e. The summed E-state index contributed by atoms with van der Waals surface area (Å²) in [6.07, 6.45) is 0. The molecule has 4 heteroatoms. The van der Waals surface area contributed by atoms with Crippen LogP contribution in [0.1, 0.15) is 10.4 Å². The topological polar surface area (TPSA) is 29.5 Å². The number of phenols is 1. The van der Waals surface area contributed by atoms with Crippen molar-refractivity contribution in [3.8, 4) is 11.5 Å². The van der Waals surface area contributed by atoms with E-state index >= 15 is 0 Å². The van der Waals surface area contributed by atoms with Gasteiger partial charge in [0, 0.05) is 10.5 Å². The van der Waals surface area contributed by atoms with Crippen LogP contribution < -0.4 is 4.74 Å². The summed E-state index contributed by atoms with van der Waals surface area (Å²) in [6, 6.07) is 7.22. The number of phenolic OH excluding ortho intramolecular Hbond substituents is 1. The van der Waals surface area contributed by atoms with E-state index in [0.29, 0.717) is 12.4 Å². The van der Waals surface area contributed by atoms with Crippen molar-refractivity contribution in [1.29, 1.82) is 0 Å². The maximum Gasteiger partial charge on any atom is 0.124 e. The molecule has 0 saturated heterocycles. The van der Waals surface area contributed by atoms with Crippen LogP contribution in [0.5, 0.6) is 11.5 Å². The molecule has 0 aliphatic rings. The third kappa shape index (κ3) is 2.77. The van der Waals surface area contributed by atoms with Crippen molar-refractivity contribution in [2.24, 2.45) is 0 Å². The van der Waals surface area contributed by atoms with Gasteiger partial charge in [-0.05, 0) is 52.0 Å². The number of halogens is 1. The molecular formula is C12H11BrO2S. The van der Waals surface area contributed by atoms with Gasteiger partial charge in [-0.3, -0.25) is 0 Å². The molecule has 0 spiro atoms. The van der Waals surface area contributed by atoms with Crippen LogP contribution in [0.4, 0.5) is 0 Å². The van der Waals surface area contributed by atoms with E-state index in [9.17, 15) is 5.11 Å². The molecule has 1 heterocycles. The van der Waals surface area contributed by atoms with Gasteiger partial charge in [0.2, 0.25) is 0 Å². The summed E-state index contributed by atoms with van der Waals surface area (Å²) in [6.45, 7) is 2.44. The van der Waals surface area contributed by atoms with Crippen LogP contribution in [0, 0.1) is 6.92 Å². The summed E-state index contributed by atoms with van der Waals surface area (Å²) in [5, 5.41) is 11.4. The quantitative estimate of drug-likeness (QED) is 0.924. The minimum atomic E-state index is 0.236. The Morgan fingerprint density at radius 2 is 2.19 bits per heavy atom. The predicted molar refractivity (Wildman–Crippen MR) is 69.2 cm³/mol. The maximum atomic E-state index is 9.42. The van der Waals surface area contributed by atoms with Crippen molar-refractivity contribution in [3.63, 3.8) is 0 Å². The van der Waals surface area contributed by atoms with Crippen LogP contribution in [0.2, 0.25) is 0 Å². The first kappa shape index (κ1) is 11.5. The molecular weight excluding hydrogens is 288 g/mol. The molecule has 0 amide bonds. The molecule has 0 atom stereocenters. The Morgan fingerprint density at radius 1 is 1.38 bits per heavy atom. The molecule has 84 valence electrons. The van der Waals surface area contributed by atoms with Crippen LogP contribution in [0.3, 0.4) is 0 Å².